The van der Waals surface area contributed by atoms with Crippen LogP contribution in [0.2, 0.25) is 0 Å². The molecule has 1 aromatic heterocycles. The van der Waals surface area contributed by atoms with Crippen molar-refractivity contribution in [3.8, 4) is 0 Å². The van der Waals surface area contributed by atoms with Gasteiger partial charge in [-0.25, -0.2) is 0 Å². The Hall–Kier alpha value is -2.18. The first kappa shape index (κ1) is 18.6. The number of likely N-dealkylation sites (N-methyl/N-ethyl adjacent to an activating group) is 1. The lowest BCUT2D eigenvalue weighted by molar-refractivity contribution is -0.924. The number of nitrogens with one attached hydrogen (secondary N) is 2. The van der Waals surface area contributed by atoms with Gasteiger partial charge in [0.15, 0.2) is 6.54 Å². The van der Waals surface area contributed by atoms with Crippen molar-refractivity contribution in [1.29, 1.82) is 0 Å². The maximum atomic E-state index is 12.6. The molecule has 1 aromatic carbocycles. The van der Waals surface area contributed by atoms with Gasteiger partial charge in [-0.15, -0.1) is 11.3 Å². The van der Waals surface area contributed by atoms with Gasteiger partial charge in [0.1, 0.15) is 6.04 Å². The monoisotopic (exact) mass is 372 g/mol. The Morgan fingerprint density at radius 2 is 2.00 bits per heavy atom. The number of quaternary nitrogens is 1. The van der Waals surface area contributed by atoms with Crippen molar-refractivity contribution < 1.29 is 14.5 Å². The average molecular weight is 373 g/mol. The molecule has 1 aliphatic rings. The molecule has 26 heavy (non-hydrogen) atoms. The average Bonchev–Trinajstić information content (AvgIpc) is 3.08. The van der Waals surface area contributed by atoms with Gasteiger partial charge in [0.25, 0.3) is 5.91 Å². The highest BCUT2D eigenvalue weighted by atomic mass is 32.1. The highest BCUT2D eigenvalue weighted by Crippen LogP contribution is 2.24. The fourth-order valence-corrected chi connectivity index (χ4v) is 4.34. The first-order chi connectivity index (χ1) is 12.4. The van der Waals surface area contributed by atoms with Crippen molar-refractivity contribution >= 4 is 28.8 Å². The summed E-state index contributed by atoms with van der Waals surface area (Å²) in [5, 5.41) is 4.97. The Bertz CT molecular complexity index is 785. The Kier molecular flexibility index (Phi) is 5.74. The first-order valence-corrected chi connectivity index (χ1v) is 9.83. The molecule has 0 bridgehead atoms. The van der Waals surface area contributed by atoms with Gasteiger partial charge in [0.05, 0.1) is 13.1 Å². The lowest BCUT2D eigenvalue weighted by atomic mass is 10.0. The number of rotatable bonds is 5. The van der Waals surface area contributed by atoms with Crippen molar-refractivity contribution in [2.45, 2.75) is 26.3 Å². The van der Waals surface area contributed by atoms with Crippen molar-refractivity contribution in [2.24, 2.45) is 0 Å². The van der Waals surface area contributed by atoms with E-state index < -0.39 is 0 Å². The molecule has 0 aliphatic carbocycles. The molecular weight excluding hydrogens is 346 g/mol. The van der Waals surface area contributed by atoms with E-state index in [1.54, 1.807) is 18.4 Å². The summed E-state index contributed by atoms with van der Waals surface area (Å²) in [7, 11) is 1.70. The minimum atomic E-state index is -0.175. The maximum absolute atomic E-state index is 12.6. The highest BCUT2D eigenvalue weighted by Gasteiger charge is 2.30. The van der Waals surface area contributed by atoms with Gasteiger partial charge in [-0.3, -0.25) is 9.59 Å². The third kappa shape index (κ3) is 4.31. The van der Waals surface area contributed by atoms with Gasteiger partial charge in [-0.2, -0.15) is 0 Å². The summed E-state index contributed by atoms with van der Waals surface area (Å²) in [5.41, 5.74) is 3.26. The van der Waals surface area contributed by atoms with E-state index in [9.17, 15) is 9.59 Å². The van der Waals surface area contributed by atoms with Crippen LogP contribution in [0.25, 0.3) is 0 Å². The molecule has 1 unspecified atom stereocenters. The van der Waals surface area contributed by atoms with Crippen LogP contribution in [0.3, 0.4) is 0 Å². The zero-order chi connectivity index (χ0) is 18.7. The molecule has 0 radical (unpaired) electrons. The molecule has 0 fully saturated rings. The molecule has 2 heterocycles. The number of hydrogen-bond donors (Lipinski definition) is 2. The minimum Gasteiger partial charge on any atom is -0.332 e. The Morgan fingerprint density at radius 1 is 1.27 bits per heavy atom. The number of hydrogen-bond acceptors (Lipinski definition) is 3. The number of nitrogens with zero attached hydrogens (tertiary/aromatic N) is 1. The number of carbonyl (C=O) groups excluding carboxylic acids is 2. The SMILES string of the molecule is Cc1ccc(NC(=O)CN(C)C(=O)C[NH+]2CCc3sccc3[C@@H]2C)cc1. The number of aryl methyl sites for hydroxylation is 1. The summed E-state index contributed by atoms with van der Waals surface area (Å²) in [6.45, 7) is 5.63. The van der Waals surface area contributed by atoms with E-state index in [1.807, 2.05) is 31.2 Å². The molecule has 1 aliphatic heterocycles. The summed E-state index contributed by atoms with van der Waals surface area (Å²) in [4.78, 5) is 29.0. The third-order valence-electron chi connectivity index (χ3n) is 5.05. The van der Waals surface area contributed by atoms with Gasteiger partial charge in [0, 0.05) is 29.6 Å². The maximum Gasteiger partial charge on any atom is 0.277 e. The Balaban J connectivity index is 1.51. The Morgan fingerprint density at radius 3 is 2.73 bits per heavy atom. The van der Waals surface area contributed by atoms with Crippen LogP contribution in [-0.4, -0.2) is 43.4 Å². The topological polar surface area (TPSA) is 53.9 Å². The molecular formula is C20H26N3O2S+. The van der Waals surface area contributed by atoms with Crippen LogP contribution >= 0.6 is 11.3 Å². The third-order valence-corrected chi connectivity index (χ3v) is 6.05. The lowest BCUT2D eigenvalue weighted by Crippen LogP contribution is -3.14. The lowest BCUT2D eigenvalue weighted by Gasteiger charge is -2.31. The number of fused-ring (bicyclic) bond motifs is 1. The number of thiophene rings is 1. The molecule has 0 saturated heterocycles. The van der Waals surface area contributed by atoms with E-state index >= 15 is 0 Å². The number of anilines is 1. The molecule has 6 heteroatoms. The van der Waals surface area contributed by atoms with E-state index in [4.69, 9.17) is 0 Å². The standard InChI is InChI=1S/C20H25N3O2S/c1-14-4-6-16(7-5-14)21-19(24)12-22(3)20(25)13-23-10-8-18-17(15(23)2)9-11-26-18/h4-7,9,11,15H,8,10,12-13H2,1-3H3,(H,21,24)/p+1/t15-/m0/s1. The Labute approximate surface area is 158 Å². The number of amides is 2. The summed E-state index contributed by atoms with van der Waals surface area (Å²) in [6.07, 6.45) is 1.03. The van der Waals surface area contributed by atoms with Crippen LogP contribution in [0, 0.1) is 6.92 Å². The van der Waals surface area contributed by atoms with E-state index in [0.29, 0.717) is 12.6 Å². The van der Waals surface area contributed by atoms with Crippen molar-refractivity contribution in [1.82, 2.24) is 4.90 Å². The summed E-state index contributed by atoms with van der Waals surface area (Å²) in [6, 6.07) is 10.1. The molecule has 2 N–H and O–H groups in total. The molecule has 0 spiro atoms. The molecule has 2 atom stereocenters. The quantitative estimate of drug-likeness (QED) is 0.839. The number of benzene rings is 1. The normalized spacial score (nSPS) is 18.9. The van der Waals surface area contributed by atoms with E-state index in [-0.39, 0.29) is 18.4 Å². The number of carbonyl (C=O) groups is 2. The summed E-state index contributed by atoms with van der Waals surface area (Å²) in [5.74, 6) is -0.170. The van der Waals surface area contributed by atoms with Gasteiger partial charge < -0.3 is 15.1 Å². The van der Waals surface area contributed by atoms with Crippen LogP contribution in [0.4, 0.5) is 5.69 Å². The van der Waals surface area contributed by atoms with Crippen LogP contribution < -0.4 is 10.2 Å². The predicted octanol–water partition coefficient (Wildman–Crippen LogP) is 1.66. The van der Waals surface area contributed by atoms with Gasteiger partial charge in [-0.05, 0) is 37.4 Å². The molecule has 5 nitrogen and oxygen atoms in total. The highest BCUT2D eigenvalue weighted by molar-refractivity contribution is 7.10. The van der Waals surface area contributed by atoms with Crippen LogP contribution in [-0.2, 0) is 16.0 Å². The fourth-order valence-electron chi connectivity index (χ4n) is 3.36. The zero-order valence-corrected chi connectivity index (χ0v) is 16.4. The van der Waals surface area contributed by atoms with E-state index in [1.165, 1.54) is 20.2 Å². The van der Waals surface area contributed by atoms with Crippen molar-refractivity contribution in [3.63, 3.8) is 0 Å². The summed E-state index contributed by atoms with van der Waals surface area (Å²) >= 11 is 1.80. The molecule has 3 rings (SSSR count). The first-order valence-electron chi connectivity index (χ1n) is 8.95. The predicted molar refractivity (Wildman–Crippen MR) is 105 cm³/mol. The van der Waals surface area contributed by atoms with Crippen molar-refractivity contribution in [3.05, 3.63) is 51.7 Å². The van der Waals surface area contributed by atoms with Gasteiger partial charge in [-0.1, -0.05) is 17.7 Å². The minimum absolute atomic E-state index is 0.00425. The van der Waals surface area contributed by atoms with Crippen LogP contribution in [0.15, 0.2) is 35.7 Å². The largest absolute Gasteiger partial charge is 0.332 e. The second-order valence-corrected chi connectivity index (χ2v) is 8.02. The summed E-state index contributed by atoms with van der Waals surface area (Å²) < 4.78 is 0. The van der Waals surface area contributed by atoms with E-state index in [0.717, 1.165) is 24.2 Å². The zero-order valence-electron chi connectivity index (χ0n) is 15.5. The van der Waals surface area contributed by atoms with Crippen LogP contribution in [0.1, 0.15) is 29.0 Å². The molecule has 2 amide bonds. The van der Waals surface area contributed by atoms with Crippen molar-refractivity contribution in [2.75, 3.05) is 32.0 Å². The van der Waals surface area contributed by atoms with E-state index in [2.05, 4.69) is 23.7 Å². The fraction of sp³-hybridized carbons (Fsp3) is 0.400. The molecule has 2 aromatic rings. The van der Waals surface area contributed by atoms with Crippen LogP contribution in [0.5, 0.6) is 0 Å². The molecule has 138 valence electrons. The van der Waals surface area contributed by atoms with Gasteiger partial charge in [0.2, 0.25) is 5.91 Å². The smallest absolute Gasteiger partial charge is 0.277 e. The van der Waals surface area contributed by atoms with Gasteiger partial charge >= 0.3 is 0 Å². The molecule has 0 saturated carbocycles. The second-order valence-electron chi connectivity index (χ2n) is 7.02. The second kappa shape index (κ2) is 8.01.